The molecule has 4 aliphatic rings. The van der Waals surface area contributed by atoms with Crippen LogP contribution in [0.25, 0.3) is 0 Å². The minimum atomic E-state index is -0.722. The number of carbonyl (C=O) groups excluding carboxylic acids is 3. The van der Waals surface area contributed by atoms with Gasteiger partial charge in [0.05, 0.1) is 6.04 Å². The van der Waals surface area contributed by atoms with Gasteiger partial charge in [-0.2, -0.15) is 0 Å². The van der Waals surface area contributed by atoms with Crippen LogP contribution in [0.3, 0.4) is 0 Å². The van der Waals surface area contributed by atoms with Gasteiger partial charge in [-0.15, -0.1) is 0 Å². The highest BCUT2D eigenvalue weighted by Gasteiger charge is 2.61. The second-order valence-corrected chi connectivity index (χ2v) is 14.9. The third-order valence-electron chi connectivity index (χ3n) is 12.8. The van der Waals surface area contributed by atoms with Gasteiger partial charge in [-0.3, -0.25) is 9.59 Å². The number of Topliss-reactive ketones (excluding diaryl/α,β-unsaturated/α-hetero) is 1. The van der Waals surface area contributed by atoms with E-state index < -0.39 is 12.1 Å². The number of ketones is 1. The van der Waals surface area contributed by atoms with Crippen LogP contribution in [0.15, 0.2) is 30.3 Å². The van der Waals surface area contributed by atoms with Gasteiger partial charge in [0.25, 0.3) is 0 Å². The molecule has 1 amide bonds. The first-order chi connectivity index (χ1) is 20.0. The van der Waals surface area contributed by atoms with Crippen molar-refractivity contribution in [1.82, 2.24) is 5.32 Å². The van der Waals surface area contributed by atoms with E-state index in [2.05, 4.69) is 19.2 Å². The molecule has 6 heteroatoms. The summed E-state index contributed by atoms with van der Waals surface area (Å²) in [4.78, 5) is 39.1. The lowest BCUT2D eigenvalue weighted by molar-refractivity contribution is -0.167. The number of ether oxygens (including phenoxy) is 1. The summed E-state index contributed by atoms with van der Waals surface area (Å²) in [6, 6.07) is 8.31. The summed E-state index contributed by atoms with van der Waals surface area (Å²) in [5.74, 6) is 2.62. The number of hydrogen-bond acceptors (Lipinski definition) is 5. The van der Waals surface area contributed by atoms with E-state index in [1.54, 1.807) is 0 Å². The summed E-state index contributed by atoms with van der Waals surface area (Å²) in [5, 5.41) is 2.95. The zero-order valence-corrected chi connectivity index (χ0v) is 26.6. The Morgan fingerprint density at radius 2 is 1.67 bits per heavy atom. The van der Waals surface area contributed by atoms with Crippen molar-refractivity contribution in [1.29, 1.82) is 0 Å². The number of amides is 1. The maximum Gasteiger partial charge on any atom is 0.329 e. The fraction of sp³-hybridized carbons (Fsp3) is 0.750. The van der Waals surface area contributed by atoms with Crippen LogP contribution in [0.2, 0.25) is 0 Å². The highest BCUT2D eigenvalue weighted by molar-refractivity contribution is 5.87. The Kier molecular flexibility index (Phi) is 9.23. The standard InChI is InChI=1S/C36H54N2O4/c1-6-22(2)32(38-33(40)31(37)20-24-10-8-7-9-11-24)34(41)42-26-16-18-35(4)25(21-26)12-13-27-29-15-14-28(23(3)39)36(29,5)19-17-30(27)35/h7-11,22,25-32H,6,12-21,37H2,1-5H3,(H,38,40)/t22?,25-,26+,27-,28+,29-,30-,31-,32-,35-,36+/m0/s1. The number of nitrogens with two attached hydrogens (primary N) is 1. The van der Waals surface area contributed by atoms with Gasteiger partial charge in [-0.25, -0.2) is 4.79 Å². The summed E-state index contributed by atoms with van der Waals surface area (Å²) >= 11 is 0. The summed E-state index contributed by atoms with van der Waals surface area (Å²) in [7, 11) is 0. The van der Waals surface area contributed by atoms with Gasteiger partial charge < -0.3 is 15.8 Å². The van der Waals surface area contributed by atoms with Crippen molar-refractivity contribution >= 4 is 17.7 Å². The molecule has 0 aromatic heterocycles. The Morgan fingerprint density at radius 3 is 2.36 bits per heavy atom. The minimum Gasteiger partial charge on any atom is -0.461 e. The van der Waals surface area contributed by atoms with Crippen molar-refractivity contribution in [2.45, 2.75) is 123 Å². The van der Waals surface area contributed by atoms with Gasteiger partial charge in [0.15, 0.2) is 0 Å². The van der Waals surface area contributed by atoms with Crippen molar-refractivity contribution in [3.8, 4) is 0 Å². The van der Waals surface area contributed by atoms with Gasteiger partial charge in [0, 0.05) is 5.92 Å². The third-order valence-corrected chi connectivity index (χ3v) is 12.8. The smallest absolute Gasteiger partial charge is 0.329 e. The molecule has 1 aromatic carbocycles. The van der Waals surface area contributed by atoms with Gasteiger partial charge in [-0.05, 0) is 117 Å². The molecule has 0 radical (unpaired) electrons. The molecule has 0 saturated heterocycles. The number of carbonyl (C=O) groups is 3. The number of esters is 1. The summed E-state index contributed by atoms with van der Waals surface area (Å²) in [6.07, 6.45) is 11.1. The zero-order valence-electron chi connectivity index (χ0n) is 26.6. The highest BCUT2D eigenvalue weighted by Crippen LogP contribution is 2.67. The zero-order chi connectivity index (χ0) is 30.2. The van der Waals surface area contributed by atoms with E-state index in [1.807, 2.05) is 51.1 Å². The lowest BCUT2D eigenvalue weighted by Gasteiger charge is -2.61. The fourth-order valence-electron chi connectivity index (χ4n) is 10.1. The molecule has 4 aliphatic carbocycles. The third kappa shape index (κ3) is 5.81. The van der Waals surface area contributed by atoms with Gasteiger partial charge in [-0.1, -0.05) is 64.4 Å². The molecular formula is C36H54N2O4. The Balaban J connectivity index is 1.20. The SMILES string of the molecule is CCC(C)[C@H](NC(=O)[C@@H](N)Cc1ccccc1)C(=O)O[C@@H]1CC[C@@]2(C)[C@@H](CC[C@@H]3[C@@H]2CC[C@]2(C)[C@@H](C(C)=O)CC[C@@H]32)C1. The number of benzene rings is 1. The predicted molar refractivity (Wildman–Crippen MR) is 165 cm³/mol. The van der Waals surface area contributed by atoms with Gasteiger partial charge in [0.1, 0.15) is 17.9 Å². The molecular weight excluding hydrogens is 524 g/mol. The first-order valence-corrected chi connectivity index (χ1v) is 16.8. The van der Waals surface area contributed by atoms with E-state index >= 15 is 0 Å². The lowest BCUT2D eigenvalue weighted by atomic mass is 9.44. The number of rotatable bonds is 9. The van der Waals surface area contributed by atoms with E-state index in [4.69, 9.17) is 10.5 Å². The quantitative estimate of drug-likeness (QED) is 0.338. The summed E-state index contributed by atoms with van der Waals surface area (Å²) < 4.78 is 6.20. The topological polar surface area (TPSA) is 98.5 Å². The first kappa shape index (κ1) is 31.2. The van der Waals surface area contributed by atoms with Gasteiger partial charge >= 0.3 is 5.97 Å². The lowest BCUT2D eigenvalue weighted by Crippen LogP contribution is -2.55. The first-order valence-electron chi connectivity index (χ1n) is 16.8. The van der Waals surface area contributed by atoms with E-state index in [9.17, 15) is 14.4 Å². The predicted octanol–water partition coefficient (Wildman–Crippen LogP) is 6.25. The molecule has 0 bridgehead atoms. The monoisotopic (exact) mass is 578 g/mol. The van der Waals surface area contributed by atoms with Crippen LogP contribution in [-0.4, -0.2) is 35.8 Å². The average molecular weight is 579 g/mol. The van der Waals surface area contributed by atoms with Gasteiger partial charge in [0.2, 0.25) is 5.91 Å². The minimum absolute atomic E-state index is 0.0449. The fourth-order valence-corrected chi connectivity index (χ4v) is 10.1. The van der Waals surface area contributed by atoms with Crippen LogP contribution in [0.1, 0.15) is 104 Å². The number of fused-ring (bicyclic) bond motifs is 5. The molecule has 1 aromatic rings. The second kappa shape index (κ2) is 12.4. The highest BCUT2D eigenvalue weighted by atomic mass is 16.5. The summed E-state index contributed by atoms with van der Waals surface area (Å²) in [5.41, 5.74) is 7.70. The Hall–Kier alpha value is -2.21. The molecule has 6 nitrogen and oxygen atoms in total. The normalized spacial score (nSPS) is 37.8. The molecule has 11 atom stereocenters. The second-order valence-electron chi connectivity index (χ2n) is 14.9. The molecule has 3 N–H and O–H groups in total. The largest absolute Gasteiger partial charge is 0.461 e. The van der Waals surface area contributed by atoms with Crippen LogP contribution in [0.4, 0.5) is 0 Å². The number of hydrogen-bond donors (Lipinski definition) is 2. The van der Waals surface area contributed by atoms with Crippen LogP contribution >= 0.6 is 0 Å². The van der Waals surface area contributed by atoms with E-state index in [1.165, 1.54) is 32.1 Å². The Morgan fingerprint density at radius 1 is 0.976 bits per heavy atom. The maximum atomic E-state index is 13.5. The molecule has 0 heterocycles. The van der Waals surface area contributed by atoms with Crippen molar-refractivity contribution in [3.63, 3.8) is 0 Å². The van der Waals surface area contributed by atoms with E-state index in [0.29, 0.717) is 30.0 Å². The van der Waals surface area contributed by atoms with E-state index in [0.717, 1.165) is 43.6 Å². The summed E-state index contributed by atoms with van der Waals surface area (Å²) in [6.45, 7) is 10.8. The average Bonchev–Trinajstić information content (AvgIpc) is 3.33. The van der Waals surface area contributed by atoms with Crippen LogP contribution in [0, 0.1) is 46.3 Å². The Labute approximate surface area is 253 Å². The van der Waals surface area contributed by atoms with Crippen LogP contribution < -0.4 is 11.1 Å². The molecule has 1 unspecified atom stereocenters. The molecule has 0 aliphatic heterocycles. The molecule has 4 fully saturated rings. The van der Waals surface area contributed by atoms with Crippen molar-refractivity contribution in [3.05, 3.63) is 35.9 Å². The molecule has 5 rings (SSSR count). The van der Waals surface area contributed by atoms with Crippen molar-refractivity contribution in [2.24, 2.45) is 52.1 Å². The molecule has 42 heavy (non-hydrogen) atoms. The molecule has 4 saturated carbocycles. The molecule has 232 valence electrons. The Bertz CT molecular complexity index is 1140. The van der Waals surface area contributed by atoms with E-state index in [-0.39, 0.29) is 40.6 Å². The van der Waals surface area contributed by atoms with Crippen molar-refractivity contribution in [2.75, 3.05) is 0 Å². The molecule has 0 spiro atoms. The van der Waals surface area contributed by atoms with Crippen molar-refractivity contribution < 1.29 is 19.1 Å². The van der Waals surface area contributed by atoms with Crippen LogP contribution in [0.5, 0.6) is 0 Å². The number of nitrogens with one attached hydrogen (secondary N) is 1. The maximum absolute atomic E-state index is 13.5. The van der Waals surface area contributed by atoms with Crippen LogP contribution in [-0.2, 0) is 25.5 Å².